The predicted molar refractivity (Wildman–Crippen MR) is 113 cm³/mol. The number of nitrogens with one attached hydrogen (secondary N) is 1. The van der Waals surface area contributed by atoms with Gasteiger partial charge in [0.2, 0.25) is 5.91 Å². The van der Waals surface area contributed by atoms with Crippen molar-refractivity contribution in [1.29, 1.82) is 0 Å². The second-order valence-corrected chi connectivity index (χ2v) is 8.88. The molecule has 0 aliphatic heterocycles. The number of hydrogen-bond acceptors (Lipinski definition) is 5. The number of hydrogen-bond donors (Lipinski definition) is 1. The lowest BCUT2D eigenvalue weighted by Gasteiger charge is -2.15. The van der Waals surface area contributed by atoms with Gasteiger partial charge in [-0.25, -0.2) is 4.98 Å². The molecule has 0 saturated carbocycles. The fourth-order valence-electron chi connectivity index (χ4n) is 2.82. The molecule has 7 heteroatoms. The fraction of sp³-hybridized carbons (Fsp3) is 0.350. The van der Waals surface area contributed by atoms with Gasteiger partial charge in [0.25, 0.3) is 5.56 Å². The number of fused-ring (bicyclic) bond motifs is 1. The van der Waals surface area contributed by atoms with E-state index in [2.05, 4.69) is 5.32 Å². The normalized spacial score (nSPS) is 12.3. The van der Waals surface area contributed by atoms with Crippen molar-refractivity contribution < 1.29 is 4.79 Å². The molecule has 3 rings (SSSR count). The lowest BCUT2D eigenvalue weighted by molar-refractivity contribution is -0.120. The quantitative estimate of drug-likeness (QED) is 0.503. The van der Waals surface area contributed by atoms with Crippen molar-refractivity contribution in [2.75, 3.05) is 0 Å². The first-order valence-electron chi connectivity index (χ1n) is 8.91. The number of aromatic nitrogens is 2. The van der Waals surface area contributed by atoms with E-state index in [-0.39, 0.29) is 16.7 Å². The SMILES string of the molecule is CCn1c(S[C@@H](C)C(=O)NCc2ccccc2)nc2sc(C)c(C)c2c1=O. The van der Waals surface area contributed by atoms with E-state index in [0.717, 1.165) is 20.8 Å². The van der Waals surface area contributed by atoms with Gasteiger partial charge in [0.1, 0.15) is 4.83 Å². The van der Waals surface area contributed by atoms with E-state index >= 15 is 0 Å². The fourth-order valence-corrected chi connectivity index (χ4v) is 4.89. The van der Waals surface area contributed by atoms with Gasteiger partial charge in [-0.15, -0.1) is 11.3 Å². The predicted octanol–water partition coefficient (Wildman–Crippen LogP) is 3.89. The molecule has 0 saturated heterocycles. The number of thiophene rings is 1. The van der Waals surface area contributed by atoms with Crippen LogP contribution in [0.25, 0.3) is 10.2 Å². The zero-order valence-electron chi connectivity index (χ0n) is 15.9. The lowest BCUT2D eigenvalue weighted by Crippen LogP contribution is -2.31. The largest absolute Gasteiger partial charge is 0.351 e. The summed E-state index contributed by atoms with van der Waals surface area (Å²) in [5, 5.41) is 3.89. The summed E-state index contributed by atoms with van der Waals surface area (Å²) in [5.74, 6) is -0.0700. The van der Waals surface area contributed by atoms with Crippen LogP contribution >= 0.6 is 23.1 Å². The smallest absolute Gasteiger partial charge is 0.263 e. The summed E-state index contributed by atoms with van der Waals surface area (Å²) >= 11 is 2.86. The highest BCUT2D eigenvalue weighted by atomic mass is 32.2. The third kappa shape index (κ3) is 4.09. The lowest BCUT2D eigenvalue weighted by atomic mass is 10.2. The number of benzene rings is 1. The van der Waals surface area contributed by atoms with Gasteiger partial charge in [-0.3, -0.25) is 14.2 Å². The van der Waals surface area contributed by atoms with Crippen LogP contribution in [-0.4, -0.2) is 20.7 Å². The van der Waals surface area contributed by atoms with Gasteiger partial charge in [-0.05, 0) is 38.8 Å². The highest BCUT2D eigenvalue weighted by molar-refractivity contribution is 8.00. The molecule has 1 aromatic carbocycles. The number of carbonyl (C=O) groups excluding carboxylic acids is 1. The van der Waals surface area contributed by atoms with E-state index in [0.29, 0.717) is 23.6 Å². The maximum atomic E-state index is 12.9. The Morgan fingerprint density at radius 2 is 2.00 bits per heavy atom. The van der Waals surface area contributed by atoms with Gasteiger partial charge in [0.05, 0.1) is 10.6 Å². The molecule has 2 aromatic heterocycles. The molecule has 1 atom stereocenters. The van der Waals surface area contributed by atoms with E-state index in [1.165, 1.54) is 23.1 Å². The summed E-state index contributed by atoms with van der Waals surface area (Å²) in [6, 6.07) is 9.80. The summed E-state index contributed by atoms with van der Waals surface area (Å²) in [7, 11) is 0. The standard InChI is InChI=1S/C20H23N3O2S2/c1-5-23-19(25)16-12(2)13(3)26-18(16)22-20(23)27-14(4)17(24)21-11-15-9-7-6-8-10-15/h6-10,14H,5,11H2,1-4H3,(H,21,24)/t14-/m0/s1. The Labute approximate surface area is 166 Å². The van der Waals surface area contributed by atoms with Crippen LogP contribution in [0.15, 0.2) is 40.3 Å². The topological polar surface area (TPSA) is 64.0 Å². The summed E-state index contributed by atoms with van der Waals surface area (Å²) in [5.41, 5.74) is 2.03. The Morgan fingerprint density at radius 1 is 1.30 bits per heavy atom. The second kappa shape index (κ2) is 8.27. The number of carbonyl (C=O) groups is 1. The van der Waals surface area contributed by atoms with Gasteiger partial charge in [0, 0.05) is 18.0 Å². The highest BCUT2D eigenvalue weighted by Crippen LogP contribution is 2.29. The molecule has 27 heavy (non-hydrogen) atoms. The molecule has 0 spiro atoms. The van der Waals surface area contributed by atoms with Crippen molar-refractivity contribution in [3.05, 3.63) is 56.7 Å². The molecular weight excluding hydrogens is 378 g/mol. The van der Waals surface area contributed by atoms with E-state index in [4.69, 9.17) is 4.98 Å². The van der Waals surface area contributed by atoms with Crippen LogP contribution in [0.4, 0.5) is 0 Å². The van der Waals surface area contributed by atoms with Crippen molar-refractivity contribution in [2.45, 2.75) is 51.2 Å². The summed E-state index contributed by atoms with van der Waals surface area (Å²) < 4.78 is 1.66. The van der Waals surface area contributed by atoms with Gasteiger partial charge >= 0.3 is 0 Å². The Bertz CT molecular complexity index is 1030. The molecule has 0 fully saturated rings. The van der Waals surface area contributed by atoms with E-state index < -0.39 is 0 Å². The first-order valence-corrected chi connectivity index (χ1v) is 10.6. The molecule has 0 unspecified atom stereocenters. The average Bonchev–Trinajstić information content (AvgIpc) is 2.94. The monoisotopic (exact) mass is 401 g/mol. The maximum absolute atomic E-state index is 12.9. The first kappa shape index (κ1) is 19.6. The van der Waals surface area contributed by atoms with Crippen molar-refractivity contribution >= 4 is 39.2 Å². The van der Waals surface area contributed by atoms with Crippen LogP contribution in [0.3, 0.4) is 0 Å². The highest BCUT2D eigenvalue weighted by Gasteiger charge is 2.20. The zero-order chi connectivity index (χ0) is 19.6. The molecule has 142 valence electrons. The number of nitrogens with zero attached hydrogens (tertiary/aromatic N) is 2. The van der Waals surface area contributed by atoms with Crippen LogP contribution in [0, 0.1) is 13.8 Å². The molecule has 1 N–H and O–H groups in total. The molecule has 0 aliphatic rings. The number of aryl methyl sites for hydroxylation is 2. The minimum Gasteiger partial charge on any atom is -0.351 e. The van der Waals surface area contributed by atoms with E-state index in [1.807, 2.05) is 58.0 Å². The molecule has 0 aliphatic carbocycles. The second-order valence-electron chi connectivity index (χ2n) is 6.37. The minimum absolute atomic E-state index is 0.0243. The van der Waals surface area contributed by atoms with Crippen molar-refractivity contribution in [1.82, 2.24) is 14.9 Å². The Kier molecular flexibility index (Phi) is 6.01. The Balaban J connectivity index is 1.80. The summed E-state index contributed by atoms with van der Waals surface area (Å²) in [6.07, 6.45) is 0. The minimum atomic E-state index is -0.349. The summed E-state index contributed by atoms with van der Waals surface area (Å²) in [4.78, 5) is 31.9. The van der Waals surface area contributed by atoms with Gasteiger partial charge in [-0.1, -0.05) is 42.1 Å². The first-order chi connectivity index (χ1) is 12.9. The molecule has 5 nitrogen and oxygen atoms in total. The third-order valence-corrected chi connectivity index (χ3v) is 6.72. The van der Waals surface area contributed by atoms with Crippen LogP contribution in [-0.2, 0) is 17.9 Å². The summed E-state index contributed by atoms with van der Waals surface area (Å²) in [6.45, 7) is 8.74. The van der Waals surface area contributed by atoms with Crippen molar-refractivity contribution in [3.8, 4) is 0 Å². The zero-order valence-corrected chi connectivity index (χ0v) is 17.5. The molecule has 3 aromatic rings. The molecule has 2 heterocycles. The number of thioether (sulfide) groups is 1. The van der Waals surface area contributed by atoms with E-state index in [1.54, 1.807) is 4.57 Å². The van der Waals surface area contributed by atoms with Crippen LogP contribution < -0.4 is 10.9 Å². The molecular formula is C20H23N3O2S2. The number of amides is 1. The Hall–Kier alpha value is -2.12. The molecule has 1 amide bonds. The third-order valence-electron chi connectivity index (χ3n) is 4.53. The average molecular weight is 402 g/mol. The van der Waals surface area contributed by atoms with Crippen molar-refractivity contribution in [3.63, 3.8) is 0 Å². The maximum Gasteiger partial charge on any atom is 0.263 e. The van der Waals surface area contributed by atoms with Crippen LogP contribution in [0.2, 0.25) is 0 Å². The van der Waals surface area contributed by atoms with Crippen LogP contribution in [0.1, 0.15) is 29.9 Å². The molecule has 0 bridgehead atoms. The van der Waals surface area contributed by atoms with E-state index in [9.17, 15) is 9.59 Å². The van der Waals surface area contributed by atoms with Gasteiger partial charge in [0.15, 0.2) is 5.16 Å². The van der Waals surface area contributed by atoms with Gasteiger partial charge in [-0.2, -0.15) is 0 Å². The number of rotatable bonds is 6. The van der Waals surface area contributed by atoms with Gasteiger partial charge < -0.3 is 5.32 Å². The van der Waals surface area contributed by atoms with Crippen LogP contribution in [0.5, 0.6) is 0 Å². The Morgan fingerprint density at radius 3 is 2.67 bits per heavy atom. The molecule has 0 radical (unpaired) electrons. The van der Waals surface area contributed by atoms with Crippen molar-refractivity contribution in [2.24, 2.45) is 0 Å².